The highest BCUT2D eigenvalue weighted by molar-refractivity contribution is 5.50. The molecule has 0 amide bonds. The average molecular weight is 350 g/mol. The Bertz CT molecular complexity index is 561. The summed E-state index contributed by atoms with van der Waals surface area (Å²) in [6.45, 7) is 3.35. The van der Waals surface area contributed by atoms with Gasteiger partial charge < -0.3 is 29.6 Å². The molecule has 3 atom stereocenters. The molecule has 2 aliphatic rings. The lowest BCUT2D eigenvalue weighted by atomic mass is 9.94. The van der Waals surface area contributed by atoms with Crippen LogP contribution in [-0.4, -0.2) is 53.2 Å². The molecule has 1 aliphatic heterocycles. The molecule has 0 bridgehead atoms. The maximum Gasteiger partial charge on any atom is 0.164 e. The molecule has 0 spiro atoms. The third kappa shape index (κ3) is 4.19. The summed E-state index contributed by atoms with van der Waals surface area (Å²) in [5.41, 5.74) is 1.08. The van der Waals surface area contributed by atoms with E-state index in [4.69, 9.17) is 18.9 Å². The summed E-state index contributed by atoms with van der Waals surface area (Å²) < 4.78 is 22.0. The van der Waals surface area contributed by atoms with Gasteiger partial charge in [-0.1, -0.05) is 6.42 Å². The molecular weight excluding hydrogens is 320 g/mol. The van der Waals surface area contributed by atoms with Crippen LogP contribution in [0.3, 0.4) is 0 Å². The highest BCUT2D eigenvalue weighted by Crippen LogP contribution is 2.35. The lowest BCUT2D eigenvalue weighted by Gasteiger charge is -2.33. The van der Waals surface area contributed by atoms with Crippen LogP contribution in [0.25, 0.3) is 0 Å². The van der Waals surface area contributed by atoms with E-state index in [1.165, 1.54) is 19.3 Å². The van der Waals surface area contributed by atoms with Crippen molar-refractivity contribution in [3.8, 4) is 17.2 Å². The molecule has 1 aliphatic carbocycles. The van der Waals surface area contributed by atoms with E-state index in [9.17, 15) is 0 Å². The number of benzene rings is 1. The van der Waals surface area contributed by atoms with Crippen molar-refractivity contribution in [1.29, 1.82) is 0 Å². The molecule has 0 radical (unpaired) electrons. The van der Waals surface area contributed by atoms with Crippen molar-refractivity contribution in [2.24, 2.45) is 5.92 Å². The Morgan fingerprint density at radius 3 is 2.52 bits per heavy atom. The minimum Gasteiger partial charge on any atom is -0.496 e. The second-order valence-electron chi connectivity index (χ2n) is 6.74. The molecule has 3 unspecified atom stereocenters. The first-order valence-corrected chi connectivity index (χ1v) is 9.10. The van der Waals surface area contributed by atoms with Crippen LogP contribution in [0.5, 0.6) is 17.2 Å². The normalized spacial score (nSPS) is 26.4. The Balaban J connectivity index is 1.67. The van der Waals surface area contributed by atoms with Crippen LogP contribution in [-0.2, 0) is 11.3 Å². The molecule has 6 heteroatoms. The molecule has 140 valence electrons. The molecule has 1 aromatic rings. The molecule has 3 rings (SSSR count). The molecule has 1 saturated heterocycles. The van der Waals surface area contributed by atoms with Gasteiger partial charge in [0.1, 0.15) is 5.75 Å². The molecule has 0 aromatic heterocycles. The van der Waals surface area contributed by atoms with Crippen molar-refractivity contribution in [3.05, 3.63) is 17.7 Å². The highest BCUT2D eigenvalue weighted by Gasteiger charge is 2.34. The van der Waals surface area contributed by atoms with E-state index in [0.29, 0.717) is 23.8 Å². The zero-order valence-corrected chi connectivity index (χ0v) is 15.5. The first kappa shape index (κ1) is 18.3. The van der Waals surface area contributed by atoms with Crippen molar-refractivity contribution in [3.63, 3.8) is 0 Å². The van der Waals surface area contributed by atoms with Gasteiger partial charge in [0.2, 0.25) is 0 Å². The van der Waals surface area contributed by atoms with Crippen LogP contribution in [0.1, 0.15) is 24.8 Å². The Hall–Kier alpha value is -1.50. The number of rotatable bonds is 7. The summed E-state index contributed by atoms with van der Waals surface area (Å²) in [5.74, 6) is 2.85. The topological polar surface area (TPSA) is 61.0 Å². The summed E-state index contributed by atoms with van der Waals surface area (Å²) in [5, 5.41) is 7.36. The second-order valence-corrected chi connectivity index (χ2v) is 6.74. The maximum atomic E-state index is 5.66. The van der Waals surface area contributed by atoms with E-state index >= 15 is 0 Å². The fourth-order valence-electron chi connectivity index (χ4n) is 4.06. The number of methoxy groups -OCH3 is 3. The van der Waals surface area contributed by atoms with E-state index in [1.807, 2.05) is 12.1 Å². The molecule has 25 heavy (non-hydrogen) atoms. The minimum atomic E-state index is 0.459. The molecule has 6 nitrogen and oxygen atoms in total. The van der Waals surface area contributed by atoms with E-state index in [-0.39, 0.29) is 0 Å². The van der Waals surface area contributed by atoms with Gasteiger partial charge in [0.05, 0.1) is 34.5 Å². The van der Waals surface area contributed by atoms with Gasteiger partial charge >= 0.3 is 0 Å². The zero-order chi connectivity index (χ0) is 17.6. The SMILES string of the molecule is COc1cc(OC)c(OC)cc1CNC1CCCC1C1COCCN1. The molecule has 1 heterocycles. The van der Waals surface area contributed by atoms with Crippen LogP contribution in [0.2, 0.25) is 0 Å². The third-order valence-corrected chi connectivity index (χ3v) is 5.38. The fourth-order valence-corrected chi connectivity index (χ4v) is 4.06. The van der Waals surface area contributed by atoms with E-state index in [0.717, 1.165) is 43.4 Å². The van der Waals surface area contributed by atoms with Crippen molar-refractivity contribution < 1.29 is 18.9 Å². The molecule has 1 saturated carbocycles. The summed E-state index contributed by atoms with van der Waals surface area (Å²) in [7, 11) is 4.98. The van der Waals surface area contributed by atoms with Crippen molar-refractivity contribution >= 4 is 0 Å². The van der Waals surface area contributed by atoms with Crippen LogP contribution in [0.15, 0.2) is 12.1 Å². The first-order valence-electron chi connectivity index (χ1n) is 9.10. The number of ether oxygens (including phenoxy) is 4. The van der Waals surface area contributed by atoms with E-state index in [1.54, 1.807) is 21.3 Å². The van der Waals surface area contributed by atoms with Gasteiger partial charge in [-0.2, -0.15) is 0 Å². The first-order chi connectivity index (χ1) is 12.3. The van der Waals surface area contributed by atoms with Crippen molar-refractivity contribution in [1.82, 2.24) is 10.6 Å². The number of nitrogens with one attached hydrogen (secondary N) is 2. The molecule has 2 fully saturated rings. The lowest BCUT2D eigenvalue weighted by Crippen LogP contribution is -2.50. The van der Waals surface area contributed by atoms with Gasteiger partial charge in [-0.15, -0.1) is 0 Å². The average Bonchev–Trinajstić information content (AvgIpc) is 3.14. The van der Waals surface area contributed by atoms with Crippen LogP contribution in [0.4, 0.5) is 0 Å². The van der Waals surface area contributed by atoms with E-state index < -0.39 is 0 Å². The van der Waals surface area contributed by atoms with Gasteiger partial charge in [-0.25, -0.2) is 0 Å². The fraction of sp³-hybridized carbons (Fsp3) is 0.684. The number of morpholine rings is 1. The Labute approximate surface area is 150 Å². The van der Waals surface area contributed by atoms with Crippen molar-refractivity contribution in [2.45, 2.75) is 37.9 Å². The van der Waals surface area contributed by atoms with Crippen LogP contribution in [0, 0.1) is 5.92 Å². The monoisotopic (exact) mass is 350 g/mol. The van der Waals surface area contributed by atoms with E-state index in [2.05, 4.69) is 10.6 Å². The quantitative estimate of drug-likeness (QED) is 0.784. The lowest BCUT2D eigenvalue weighted by molar-refractivity contribution is 0.0524. The van der Waals surface area contributed by atoms with Gasteiger partial charge in [0, 0.05) is 36.8 Å². The zero-order valence-electron chi connectivity index (χ0n) is 15.5. The summed E-state index contributed by atoms with van der Waals surface area (Å²) in [6, 6.07) is 4.84. The molecule has 2 N–H and O–H groups in total. The van der Waals surface area contributed by atoms with Gasteiger partial charge in [-0.3, -0.25) is 0 Å². The van der Waals surface area contributed by atoms with Gasteiger partial charge in [0.25, 0.3) is 0 Å². The highest BCUT2D eigenvalue weighted by atomic mass is 16.5. The predicted octanol–water partition coefficient (Wildman–Crippen LogP) is 1.96. The summed E-state index contributed by atoms with van der Waals surface area (Å²) in [6.07, 6.45) is 3.73. The number of hydrogen-bond acceptors (Lipinski definition) is 6. The predicted molar refractivity (Wildman–Crippen MR) is 96.7 cm³/mol. The van der Waals surface area contributed by atoms with Crippen LogP contribution >= 0.6 is 0 Å². The summed E-state index contributed by atoms with van der Waals surface area (Å²) in [4.78, 5) is 0. The Kier molecular flexibility index (Phi) is 6.39. The largest absolute Gasteiger partial charge is 0.496 e. The summed E-state index contributed by atoms with van der Waals surface area (Å²) >= 11 is 0. The third-order valence-electron chi connectivity index (χ3n) is 5.38. The van der Waals surface area contributed by atoms with Crippen molar-refractivity contribution in [2.75, 3.05) is 41.1 Å². The second kappa shape index (κ2) is 8.74. The number of hydrogen-bond donors (Lipinski definition) is 2. The van der Waals surface area contributed by atoms with Gasteiger partial charge in [0.15, 0.2) is 11.5 Å². The molecular formula is C19H30N2O4. The smallest absolute Gasteiger partial charge is 0.164 e. The van der Waals surface area contributed by atoms with Crippen LogP contribution < -0.4 is 24.8 Å². The standard InChI is InChI=1S/C19H30N2O4/c1-22-17-10-19(24-3)18(23-2)9-13(17)11-21-15-6-4-5-14(15)16-12-25-8-7-20-16/h9-10,14-16,20-21H,4-8,11-12H2,1-3H3. The Morgan fingerprint density at radius 2 is 1.84 bits per heavy atom. The minimum absolute atomic E-state index is 0.459. The maximum absolute atomic E-state index is 5.66. The van der Waals surface area contributed by atoms with Gasteiger partial charge in [-0.05, 0) is 24.8 Å². The molecule has 1 aromatic carbocycles. The Morgan fingerprint density at radius 1 is 1.08 bits per heavy atom.